The Labute approximate surface area is 167 Å². The largest absolute Gasteiger partial charge is 0.240 e. The summed E-state index contributed by atoms with van der Waals surface area (Å²) in [7, 11) is -7.13. The SMILES string of the molecule is Cc1ccc(S(=O)(=O)NC2CCC(NS(=O)(=O)c3ccc(C)cc3)CC2)cc1. The second kappa shape index (κ2) is 8.32. The number of hydrogen-bond donors (Lipinski definition) is 2. The third-order valence-corrected chi connectivity index (χ3v) is 8.11. The minimum absolute atomic E-state index is 0.188. The van der Waals surface area contributed by atoms with Gasteiger partial charge in [-0.3, -0.25) is 0 Å². The molecule has 3 rings (SSSR count). The first-order chi connectivity index (χ1) is 13.2. The van der Waals surface area contributed by atoms with E-state index in [1.165, 1.54) is 0 Å². The van der Waals surface area contributed by atoms with Crippen molar-refractivity contribution in [3.8, 4) is 0 Å². The van der Waals surface area contributed by atoms with Crippen LogP contribution in [0.3, 0.4) is 0 Å². The van der Waals surface area contributed by atoms with Crippen LogP contribution in [0.25, 0.3) is 0 Å². The zero-order valence-electron chi connectivity index (χ0n) is 16.1. The molecule has 0 saturated heterocycles. The summed E-state index contributed by atoms with van der Waals surface area (Å²) in [4.78, 5) is 0.501. The lowest BCUT2D eigenvalue weighted by molar-refractivity contribution is 0.356. The Hall–Kier alpha value is -1.74. The van der Waals surface area contributed by atoms with Crippen LogP contribution in [0.2, 0.25) is 0 Å². The lowest BCUT2D eigenvalue weighted by atomic mass is 9.92. The van der Waals surface area contributed by atoms with Gasteiger partial charge in [0.25, 0.3) is 0 Å². The van der Waals surface area contributed by atoms with Gasteiger partial charge in [0, 0.05) is 12.1 Å². The molecule has 152 valence electrons. The normalized spacial score (nSPS) is 20.8. The van der Waals surface area contributed by atoms with Crippen LogP contribution >= 0.6 is 0 Å². The minimum atomic E-state index is -3.57. The minimum Gasteiger partial charge on any atom is -0.208 e. The highest BCUT2D eigenvalue weighted by Crippen LogP contribution is 2.23. The number of sulfonamides is 2. The number of benzene rings is 2. The Kier molecular flexibility index (Phi) is 6.24. The van der Waals surface area contributed by atoms with Crippen LogP contribution in [-0.2, 0) is 20.0 Å². The molecule has 0 amide bonds. The maximum atomic E-state index is 12.5. The van der Waals surface area contributed by atoms with Crippen molar-refractivity contribution in [1.29, 1.82) is 0 Å². The van der Waals surface area contributed by atoms with Crippen molar-refractivity contribution in [2.45, 2.75) is 61.4 Å². The predicted molar refractivity (Wildman–Crippen MR) is 109 cm³/mol. The number of aryl methyl sites for hydroxylation is 2. The average Bonchev–Trinajstić information content (AvgIpc) is 2.64. The molecule has 0 aromatic heterocycles. The highest BCUT2D eigenvalue weighted by Gasteiger charge is 2.28. The zero-order valence-corrected chi connectivity index (χ0v) is 17.7. The molecule has 0 aliphatic heterocycles. The molecular weight excluding hydrogens is 396 g/mol. The topological polar surface area (TPSA) is 92.3 Å². The second-order valence-electron chi connectivity index (χ2n) is 7.42. The molecular formula is C20H26N2O4S2. The lowest BCUT2D eigenvalue weighted by Crippen LogP contribution is -2.43. The van der Waals surface area contributed by atoms with Crippen LogP contribution in [0.4, 0.5) is 0 Å². The van der Waals surface area contributed by atoms with E-state index in [1.54, 1.807) is 48.5 Å². The van der Waals surface area contributed by atoms with E-state index in [-0.39, 0.29) is 21.9 Å². The van der Waals surface area contributed by atoms with Crippen molar-refractivity contribution in [2.75, 3.05) is 0 Å². The third kappa shape index (κ3) is 5.20. The summed E-state index contributed by atoms with van der Waals surface area (Å²) in [6, 6.07) is 13.1. The van der Waals surface area contributed by atoms with E-state index in [2.05, 4.69) is 9.44 Å². The Morgan fingerprint density at radius 2 is 0.893 bits per heavy atom. The molecule has 8 heteroatoms. The van der Waals surface area contributed by atoms with E-state index >= 15 is 0 Å². The maximum Gasteiger partial charge on any atom is 0.240 e. The molecule has 0 unspecified atom stereocenters. The molecule has 0 atom stereocenters. The second-order valence-corrected chi connectivity index (χ2v) is 10.8. The Morgan fingerprint density at radius 3 is 1.18 bits per heavy atom. The van der Waals surface area contributed by atoms with Crippen LogP contribution in [0.5, 0.6) is 0 Å². The van der Waals surface area contributed by atoms with Crippen molar-refractivity contribution in [3.63, 3.8) is 0 Å². The molecule has 1 aliphatic rings. The van der Waals surface area contributed by atoms with E-state index in [0.29, 0.717) is 25.7 Å². The van der Waals surface area contributed by atoms with Crippen molar-refractivity contribution < 1.29 is 16.8 Å². The monoisotopic (exact) mass is 422 g/mol. The maximum absolute atomic E-state index is 12.5. The summed E-state index contributed by atoms with van der Waals surface area (Å²) in [6.07, 6.45) is 2.36. The number of hydrogen-bond acceptors (Lipinski definition) is 4. The van der Waals surface area contributed by atoms with E-state index in [0.717, 1.165) is 11.1 Å². The highest BCUT2D eigenvalue weighted by atomic mass is 32.2. The molecule has 2 aromatic rings. The van der Waals surface area contributed by atoms with Gasteiger partial charge in [-0.2, -0.15) is 0 Å². The molecule has 1 saturated carbocycles. The molecule has 0 heterocycles. The molecule has 6 nitrogen and oxygen atoms in total. The van der Waals surface area contributed by atoms with E-state index in [9.17, 15) is 16.8 Å². The van der Waals surface area contributed by atoms with E-state index in [1.807, 2.05) is 13.8 Å². The number of nitrogens with one attached hydrogen (secondary N) is 2. The van der Waals surface area contributed by atoms with Gasteiger partial charge in [-0.1, -0.05) is 35.4 Å². The fourth-order valence-corrected chi connectivity index (χ4v) is 5.95. The summed E-state index contributed by atoms with van der Waals surface area (Å²) in [5.41, 5.74) is 2.00. The van der Waals surface area contributed by atoms with Crippen molar-refractivity contribution in [3.05, 3.63) is 59.7 Å². The fraction of sp³-hybridized carbons (Fsp3) is 0.400. The third-order valence-electron chi connectivity index (χ3n) is 5.03. The van der Waals surface area contributed by atoms with Gasteiger partial charge >= 0.3 is 0 Å². The molecule has 2 aromatic carbocycles. The molecule has 0 bridgehead atoms. The van der Waals surface area contributed by atoms with Crippen LogP contribution < -0.4 is 9.44 Å². The molecule has 2 N–H and O–H groups in total. The lowest BCUT2D eigenvalue weighted by Gasteiger charge is -2.29. The first-order valence-electron chi connectivity index (χ1n) is 9.34. The molecule has 0 radical (unpaired) electrons. The van der Waals surface area contributed by atoms with Crippen LogP contribution in [0.1, 0.15) is 36.8 Å². The Morgan fingerprint density at radius 1 is 0.607 bits per heavy atom. The molecule has 0 spiro atoms. The highest BCUT2D eigenvalue weighted by molar-refractivity contribution is 7.89. The van der Waals surface area contributed by atoms with E-state index < -0.39 is 20.0 Å². The quantitative estimate of drug-likeness (QED) is 0.749. The van der Waals surface area contributed by atoms with Gasteiger partial charge in [-0.05, 0) is 63.8 Å². The molecule has 1 fully saturated rings. The van der Waals surface area contributed by atoms with Crippen LogP contribution in [0.15, 0.2) is 58.3 Å². The summed E-state index contributed by atoms with van der Waals surface area (Å²) in [6.45, 7) is 3.81. The van der Waals surface area contributed by atoms with Crippen molar-refractivity contribution in [1.82, 2.24) is 9.44 Å². The van der Waals surface area contributed by atoms with Gasteiger partial charge in [0.05, 0.1) is 9.79 Å². The van der Waals surface area contributed by atoms with Crippen LogP contribution in [0, 0.1) is 13.8 Å². The Balaban J connectivity index is 1.57. The fourth-order valence-electron chi connectivity index (χ4n) is 3.34. The summed E-state index contributed by atoms with van der Waals surface area (Å²) in [5, 5.41) is 0. The average molecular weight is 423 g/mol. The summed E-state index contributed by atoms with van der Waals surface area (Å²) >= 11 is 0. The number of rotatable bonds is 6. The first-order valence-corrected chi connectivity index (χ1v) is 12.3. The Bertz CT molecular complexity index is 921. The van der Waals surface area contributed by atoms with Gasteiger partial charge < -0.3 is 0 Å². The van der Waals surface area contributed by atoms with Gasteiger partial charge in [-0.25, -0.2) is 26.3 Å². The van der Waals surface area contributed by atoms with Crippen molar-refractivity contribution in [2.24, 2.45) is 0 Å². The van der Waals surface area contributed by atoms with Gasteiger partial charge in [0.2, 0.25) is 20.0 Å². The standard InChI is InChI=1S/C20H26N2O4S2/c1-15-3-11-19(12-4-15)27(23,24)21-17-7-9-18(10-8-17)22-28(25,26)20-13-5-16(2)6-14-20/h3-6,11-14,17-18,21-22H,7-10H2,1-2H3. The zero-order chi connectivity index (χ0) is 20.4. The first kappa shape index (κ1) is 21.0. The smallest absolute Gasteiger partial charge is 0.208 e. The van der Waals surface area contributed by atoms with Gasteiger partial charge in [0.15, 0.2) is 0 Å². The summed E-state index contributed by atoms with van der Waals surface area (Å²) < 4.78 is 55.5. The van der Waals surface area contributed by atoms with Crippen LogP contribution in [-0.4, -0.2) is 28.9 Å². The molecule has 28 heavy (non-hydrogen) atoms. The van der Waals surface area contributed by atoms with Crippen molar-refractivity contribution >= 4 is 20.0 Å². The van der Waals surface area contributed by atoms with Gasteiger partial charge in [0.1, 0.15) is 0 Å². The van der Waals surface area contributed by atoms with E-state index in [4.69, 9.17) is 0 Å². The molecule has 1 aliphatic carbocycles. The predicted octanol–water partition coefficient (Wildman–Crippen LogP) is 2.87. The van der Waals surface area contributed by atoms with Gasteiger partial charge in [-0.15, -0.1) is 0 Å². The summed E-state index contributed by atoms with van der Waals surface area (Å²) in [5.74, 6) is 0.